The number of phenolic OH excluding ortho intramolecular Hbond substituents is 1. The van der Waals surface area contributed by atoms with E-state index >= 15 is 0 Å². The number of para-hydroxylation sites is 1. The molecule has 5 N–H and O–H groups in total. The highest BCUT2D eigenvalue weighted by molar-refractivity contribution is 5.89. The first-order valence-electron chi connectivity index (χ1n) is 9.11. The lowest BCUT2D eigenvalue weighted by molar-refractivity contribution is 0.252. The van der Waals surface area contributed by atoms with Crippen molar-refractivity contribution in [2.24, 2.45) is 0 Å². The predicted octanol–water partition coefficient (Wildman–Crippen LogP) is 2.92. The van der Waals surface area contributed by atoms with Crippen LogP contribution in [0.5, 0.6) is 5.75 Å². The number of amides is 2. The van der Waals surface area contributed by atoms with Gasteiger partial charge in [-0.1, -0.05) is 36.1 Å². The number of nitrogen functional groups attached to an aromatic ring is 1. The van der Waals surface area contributed by atoms with Crippen LogP contribution in [0.15, 0.2) is 60.9 Å². The summed E-state index contributed by atoms with van der Waals surface area (Å²) in [6.45, 7) is 0.497. The van der Waals surface area contributed by atoms with Crippen LogP contribution in [-0.2, 0) is 6.42 Å². The molecular formula is C22H21N5O2. The third-order valence-corrected chi connectivity index (χ3v) is 4.04. The lowest BCUT2D eigenvalue weighted by Gasteiger charge is -2.08. The third-order valence-electron chi connectivity index (χ3n) is 4.04. The molecule has 1 aromatic heterocycles. The van der Waals surface area contributed by atoms with E-state index in [2.05, 4.69) is 32.4 Å². The molecule has 0 unspecified atom stereocenters. The maximum atomic E-state index is 12.1. The van der Waals surface area contributed by atoms with Crippen molar-refractivity contribution in [2.45, 2.75) is 12.8 Å². The van der Waals surface area contributed by atoms with E-state index in [1.807, 2.05) is 24.3 Å². The predicted molar refractivity (Wildman–Crippen MR) is 112 cm³/mol. The number of rotatable bonds is 5. The van der Waals surface area contributed by atoms with Gasteiger partial charge in [-0.15, -0.1) is 0 Å². The third kappa shape index (κ3) is 6.26. The van der Waals surface area contributed by atoms with Gasteiger partial charge in [0.2, 0.25) is 5.95 Å². The lowest BCUT2D eigenvalue weighted by Crippen LogP contribution is -2.29. The highest BCUT2D eigenvalue weighted by atomic mass is 16.3. The van der Waals surface area contributed by atoms with Crippen molar-refractivity contribution < 1.29 is 9.90 Å². The van der Waals surface area contributed by atoms with Crippen molar-refractivity contribution >= 4 is 17.7 Å². The zero-order chi connectivity index (χ0) is 20.5. The summed E-state index contributed by atoms with van der Waals surface area (Å²) in [6, 6.07) is 14.1. The van der Waals surface area contributed by atoms with E-state index in [-0.39, 0.29) is 17.7 Å². The largest absolute Gasteiger partial charge is 0.508 e. The van der Waals surface area contributed by atoms with Gasteiger partial charge >= 0.3 is 6.03 Å². The van der Waals surface area contributed by atoms with E-state index in [0.29, 0.717) is 24.2 Å². The van der Waals surface area contributed by atoms with Crippen LogP contribution in [0.4, 0.5) is 16.4 Å². The second kappa shape index (κ2) is 9.76. The number of anilines is 2. The summed E-state index contributed by atoms with van der Waals surface area (Å²) >= 11 is 0. The van der Waals surface area contributed by atoms with Crippen molar-refractivity contribution in [3.63, 3.8) is 0 Å². The molecule has 3 aromatic rings. The summed E-state index contributed by atoms with van der Waals surface area (Å²) in [6.07, 6.45) is 4.52. The zero-order valence-corrected chi connectivity index (χ0v) is 15.7. The molecular weight excluding hydrogens is 366 g/mol. The normalized spacial score (nSPS) is 9.93. The minimum atomic E-state index is -0.292. The van der Waals surface area contributed by atoms with Crippen LogP contribution in [0.1, 0.15) is 23.1 Å². The van der Waals surface area contributed by atoms with Gasteiger partial charge in [0.25, 0.3) is 0 Å². The van der Waals surface area contributed by atoms with Crippen LogP contribution >= 0.6 is 0 Å². The summed E-state index contributed by atoms with van der Waals surface area (Å²) in [5.41, 5.74) is 8.36. The maximum Gasteiger partial charge on any atom is 0.319 e. The molecule has 29 heavy (non-hydrogen) atoms. The Bertz CT molecular complexity index is 1040. The Kier molecular flexibility index (Phi) is 6.63. The van der Waals surface area contributed by atoms with E-state index in [1.165, 1.54) is 0 Å². The molecule has 0 aliphatic rings. The number of hydrogen-bond donors (Lipinski definition) is 4. The quantitative estimate of drug-likeness (QED) is 0.397. The Balaban J connectivity index is 1.49. The van der Waals surface area contributed by atoms with E-state index in [0.717, 1.165) is 17.5 Å². The van der Waals surface area contributed by atoms with Crippen LogP contribution in [0.25, 0.3) is 0 Å². The number of hydrogen-bond acceptors (Lipinski definition) is 5. The molecule has 2 aromatic carbocycles. The van der Waals surface area contributed by atoms with Gasteiger partial charge in [-0.3, -0.25) is 0 Å². The number of aryl methyl sites for hydroxylation is 1. The Labute approximate surface area is 169 Å². The Morgan fingerprint density at radius 3 is 2.59 bits per heavy atom. The zero-order valence-electron chi connectivity index (χ0n) is 15.7. The molecule has 0 bridgehead atoms. The summed E-state index contributed by atoms with van der Waals surface area (Å²) in [5.74, 6) is 6.44. The monoisotopic (exact) mass is 387 g/mol. The SMILES string of the molecule is Nc1ncc(C#Cc2cccc(NC(=O)NCCCc3ccccc3O)c2)cn1. The van der Waals surface area contributed by atoms with Crippen molar-refractivity contribution in [1.29, 1.82) is 0 Å². The van der Waals surface area contributed by atoms with E-state index in [4.69, 9.17) is 5.73 Å². The van der Waals surface area contributed by atoms with E-state index < -0.39 is 0 Å². The smallest absolute Gasteiger partial charge is 0.319 e. The number of nitrogens with one attached hydrogen (secondary N) is 2. The summed E-state index contributed by atoms with van der Waals surface area (Å²) in [4.78, 5) is 19.9. The van der Waals surface area contributed by atoms with E-state index in [1.54, 1.807) is 36.7 Å². The standard InChI is InChI=1S/C22H21N5O2/c23-21-25-14-17(15-26-21)11-10-16-5-3-8-19(13-16)27-22(29)24-12-4-7-18-6-1-2-9-20(18)28/h1-3,5-6,8-9,13-15,28H,4,7,12H2,(H2,23,25,26)(H2,24,27,29). The number of nitrogens with zero attached hydrogens (tertiary/aromatic N) is 2. The van der Waals surface area contributed by atoms with Crippen molar-refractivity contribution in [2.75, 3.05) is 17.6 Å². The highest BCUT2D eigenvalue weighted by Crippen LogP contribution is 2.16. The molecule has 0 spiro atoms. The minimum absolute atomic E-state index is 0.202. The fraction of sp³-hybridized carbons (Fsp3) is 0.136. The summed E-state index contributed by atoms with van der Waals surface area (Å²) in [5, 5.41) is 15.3. The fourth-order valence-corrected chi connectivity index (χ4v) is 2.60. The average Bonchev–Trinajstić information content (AvgIpc) is 2.72. The maximum absolute atomic E-state index is 12.1. The number of nitrogens with two attached hydrogens (primary N) is 1. The number of carbonyl (C=O) groups is 1. The Hall–Kier alpha value is -4.05. The lowest BCUT2D eigenvalue weighted by atomic mass is 10.1. The van der Waals surface area contributed by atoms with Gasteiger partial charge in [-0.25, -0.2) is 14.8 Å². The number of phenols is 1. The van der Waals surface area contributed by atoms with Gasteiger partial charge in [0.15, 0.2) is 0 Å². The van der Waals surface area contributed by atoms with Gasteiger partial charge in [0.05, 0.1) is 5.56 Å². The molecule has 7 nitrogen and oxygen atoms in total. The summed E-state index contributed by atoms with van der Waals surface area (Å²) < 4.78 is 0. The van der Waals surface area contributed by atoms with E-state index in [9.17, 15) is 9.90 Å². The fourth-order valence-electron chi connectivity index (χ4n) is 2.60. The molecule has 0 aliphatic heterocycles. The highest BCUT2D eigenvalue weighted by Gasteiger charge is 2.03. The Morgan fingerprint density at radius 2 is 1.79 bits per heavy atom. The number of aromatic hydroxyl groups is 1. The molecule has 0 saturated heterocycles. The average molecular weight is 387 g/mol. The number of urea groups is 1. The first kappa shape index (κ1) is 19.7. The minimum Gasteiger partial charge on any atom is -0.508 e. The second-order valence-corrected chi connectivity index (χ2v) is 6.27. The summed E-state index contributed by atoms with van der Waals surface area (Å²) in [7, 11) is 0. The molecule has 0 saturated carbocycles. The molecule has 0 fully saturated rings. The molecule has 7 heteroatoms. The van der Waals surface area contributed by atoms with Crippen LogP contribution in [0.2, 0.25) is 0 Å². The van der Waals surface area contributed by atoms with Gasteiger partial charge in [-0.05, 0) is 42.7 Å². The molecule has 1 heterocycles. The van der Waals surface area contributed by atoms with Crippen molar-refractivity contribution in [1.82, 2.24) is 15.3 Å². The van der Waals surface area contributed by atoms with Gasteiger partial charge in [0.1, 0.15) is 5.75 Å². The number of aromatic nitrogens is 2. The van der Waals surface area contributed by atoms with Crippen LogP contribution in [0.3, 0.4) is 0 Å². The molecule has 0 aliphatic carbocycles. The first-order valence-corrected chi connectivity index (χ1v) is 9.11. The second-order valence-electron chi connectivity index (χ2n) is 6.27. The topological polar surface area (TPSA) is 113 Å². The number of benzene rings is 2. The van der Waals surface area contributed by atoms with Gasteiger partial charge < -0.3 is 21.5 Å². The van der Waals surface area contributed by atoms with Crippen LogP contribution in [-0.4, -0.2) is 27.7 Å². The van der Waals surface area contributed by atoms with Crippen LogP contribution < -0.4 is 16.4 Å². The molecule has 0 radical (unpaired) electrons. The van der Waals surface area contributed by atoms with Gasteiger partial charge in [-0.2, -0.15) is 0 Å². The molecule has 2 amide bonds. The van der Waals surface area contributed by atoms with Crippen molar-refractivity contribution in [3.8, 4) is 17.6 Å². The van der Waals surface area contributed by atoms with Crippen molar-refractivity contribution in [3.05, 3.63) is 77.6 Å². The Morgan fingerprint density at radius 1 is 1.03 bits per heavy atom. The molecule has 146 valence electrons. The van der Waals surface area contributed by atoms with Crippen LogP contribution in [0, 0.1) is 11.8 Å². The van der Waals surface area contributed by atoms with Gasteiger partial charge in [0, 0.05) is 30.2 Å². The first-order chi connectivity index (χ1) is 14.1. The molecule has 3 rings (SSSR count). The number of carbonyl (C=O) groups excluding carboxylic acids is 1. The molecule has 0 atom stereocenters.